The van der Waals surface area contributed by atoms with Crippen molar-refractivity contribution in [1.29, 1.82) is 0 Å². The third-order valence-corrected chi connectivity index (χ3v) is 1.38. The molecular formula is C8H10F3NO3. The first-order chi connectivity index (χ1) is 6.76. The van der Waals surface area contributed by atoms with E-state index in [2.05, 4.69) is 6.58 Å². The van der Waals surface area contributed by atoms with Crippen LogP contribution in [0.1, 0.15) is 6.42 Å². The van der Waals surface area contributed by atoms with Crippen molar-refractivity contribution in [3.63, 3.8) is 0 Å². The van der Waals surface area contributed by atoms with Gasteiger partial charge in [0.1, 0.15) is 13.0 Å². The van der Waals surface area contributed by atoms with Gasteiger partial charge in [-0.15, -0.1) is 6.58 Å². The lowest BCUT2D eigenvalue weighted by molar-refractivity contribution is -0.163. The standard InChI is InChI=1S/C8H10F3NO3/c1-2-3-12(5-7(14)15)6(13)4-8(9,10)11/h2H,1,3-5H2,(H,14,15). The minimum atomic E-state index is -4.63. The Labute approximate surface area is 84.0 Å². The SMILES string of the molecule is C=CCN(CC(=O)O)C(=O)CC(F)(F)F. The molecule has 0 radical (unpaired) electrons. The van der Waals surface area contributed by atoms with Gasteiger partial charge in [-0.25, -0.2) is 0 Å². The number of carbonyl (C=O) groups is 2. The fourth-order valence-corrected chi connectivity index (χ4v) is 0.857. The predicted molar refractivity (Wildman–Crippen MR) is 45.1 cm³/mol. The molecule has 0 fully saturated rings. The van der Waals surface area contributed by atoms with Crippen LogP contribution in [0.2, 0.25) is 0 Å². The van der Waals surface area contributed by atoms with Crippen LogP contribution >= 0.6 is 0 Å². The summed E-state index contributed by atoms with van der Waals surface area (Å²) in [7, 11) is 0. The summed E-state index contributed by atoms with van der Waals surface area (Å²) in [4.78, 5) is 21.8. The molecule has 7 heteroatoms. The van der Waals surface area contributed by atoms with Crippen molar-refractivity contribution in [1.82, 2.24) is 4.90 Å². The third kappa shape index (κ3) is 6.53. The van der Waals surface area contributed by atoms with Gasteiger partial charge in [-0.05, 0) is 0 Å². The number of hydrogen-bond donors (Lipinski definition) is 1. The fraction of sp³-hybridized carbons (Fsp3) is 0.500. The van der Waals surface area contributed by atoms with E-state index in [1.807, 2.05) is 0 Å². The van der Waals surface area contributed by atoms with Crippen molar-refractivity contribution < 1.29 is 27.9 Å². The van der Waals surface area contributed by atoms with Crippen molar-refractivity contribution in [3.05, 3.63) is 12.7 Å². The maximum Gasteiger partial charge on any atom is 0.397 e. The second-order valence-corrected chi connectivity index (χ2v) is 2.75. The second kappa shape index (κ2) is 5.38. The molecule has 0 saturated carbocycles. The summed E-state index contributed by atoms with van der Waals surface area (Å²) in [5, 5.41) is 8.35. The van der Waals surface area contributed by atoms with Crippen LogP contribution in [0.25, 0.3) is 0 Å². The summed E-state index contributed by atoms with van der Waals surface area (Å²) in [6.07, 6.45) is -5.12. The van der Waals surface area contributed by atoms with Crippen molar-refractivity contribution >= 4 is 11.9 Å². The number of carbonyl (C=O) groups excluding carboxylic acids is 1. The predicted octanol–water partition coefficient (Wildman–Crippen LogP) is 1.04. The fourth-order valence-electron chi connectivity index (χ4n) is 0.857. The van der Waals surface area contributed by atoms with Crippen LogP contribution in [0, 0.1) is 0 Å². The van der Waals surface area contributed by atoms with Crippen LogP contribution in [-0.2, 0) is 9.59 Å². The molecule has 1 N–H and O–H groups in total. The zero-order valence-electron chi connectivity index (χ0n) is 7.75. The smallest absolute Gasteiger partial charge is 0.397 e. The Morgan fingerprint density at radius 1 is 1.40 bits per heavy atom. The maximum absolute atomic E-state index is 11.8. The number of amides is 1. The number of alkyl halides is 3. The van der Waals surface area contributed by atoms with Gasteiger partial charge >= 0.3 is 12.1 Å². The molecule has 0 saturated heterocycles. The van der Waals surface area contributed by atoms with Gasteiger partial charge in [-0.2, -0.15) is 13.2 Å². The van der Waals surface area contributed by atoms with Gasteiger partial charge in [0.05, 0.1) is 0 Å². The molecule has 4 nitrogen and oxygen atoms in total. The highest BCUT2D eigenvalue weighted by Crippen LogP contribution is 2.20. The summed E-state index contributed by atoms with van der Waals surface area (Å²) in [6, 6.07) is 0. The summed E-state index contributed by atoms with van der Waals surface area (Å²) < 4.78 is 35.5. The topological polar surface area (TPSA) is 57.6 Å². The van der Waals surface area contributed by atoms with E-state index in [0.717, 1.165) is 6.08 Å². The Balaban J connectivity index is 4.41. The van der Waals surface area contributed by atoms with Gasteiger partial charge in [0.15, 0.2) is 0 Å². The third-order valence-electron chi connectivity index (χ3n) is 1.38. The number of rotatable bonds is 5. The normalized spacial score (nSPS) is 10.9. The first-order valence-electron chi connectivity index (χ1n) is 3.93. The Morgan fingerprint density at radius 3 is 2.27 bits per heavy atom. The molecule has 15 heavy (non-hydrogen) atoms. The molecule has 0 rings (SSSR count). The number of hydrogen-bond acceptors (Lipinski definition) is 2. The van der Waals surface area contributed by atoms with Crippen LogP contribution in [0.15, 0.2) is 12.7 Å². The van der Waals surface area contributed by atoms with Gasteiger partial charge in [-0.3, -0.25) is 9.59 Å². The van der Waals surface area contributed by atoms with E-state index in [4.69, 9.17) is 5.11 Å². The van der Waals surface area contributed by atoms with E-state index >= 15 is 0 Å². The molecule has 0 aliphatic rings. The summed E-state index contributed by atoms with van der Waals surface area (Å²) >= 11 is 0. The van der Waals surface area contributed by atoms with Crippen LogP contribution in [0.4, 0.5) is 13.2 Å². The van der Waals surface area contributed by atoms with Crippen molar-refractivity contribution in [2.45, 2.75) is 12.6 Å². The monoisotopic (exact) mass is 225 g/mol. The number of halogens is 3. The quantitative estimate of drug-likeness (QED) is 0.711. The maximum atomic E-state index is 11.8. The Bertz CT molecular complexity index is 262. The molecule has 0 aromatic heterocycles. The molecule has 1 amide bonds. The van der Waals surface area contributed by atoms with E-state index in [-0.39, 0.29) is 6.54 Å². The van der Waals surface area contributed by atoms with Crippen molar-refractivity contribution in [3.8, 4) is 0 Å². The van der Waals surface area contributed by atoms with Crippen LogP contribution in [-0.4, -0.2) is 41.1 Å². The largest absolute Gasteiger partial charge is 0.480 e. The van der Waals surface area contributed by atoms with E-state index < -0.39 is 31.0 Å². The zero-order chi connectivity index (χ0) is 12.1. The molecule has 0 heterocycles. The summed E-state index contributed by atoms with van der Waals surface area (Å²) in [5.74, 6) is -2.64. The first-order valence-corrected chi connectivity index (χ1v) is 3.93. The molecule has 86 valence electrons. The molecule has 0 aromatic carbocycles. The van der Waals surface area contributed by atoms with E-state index in [0.29, 0.717) is 4.90 Å². The Morgan fingerprint density at radius 2 is 1.93 bits per heavy atom. The molecule has 0 unspecified atom stereocenters. The van der Waals surface area contributed by atoms with E-state index in [1.165, 1.54) is 0 Å². The van der Waals surface area contributed by atoms with Crippen LogP contribution < -0.4 is 0 Å². The molecule has 0 bridgehead atoms. The average molecular weight is 225 g/mol. The van der Waals surface area contributed by atoms with Gasteiger partial charge in [0, 0.05) is 6.54 Å². The molecule has 0 spiro atoms. The molecule has 0 aliphatic heterocycles. The van der Waals surface area contributed by atoms with Crippen LogP contribution in [0.5, 0.6) is 0 Å². The Hall–Kier alpha value is -1.53. The second-order valence-electron chi connectivity index (χ2n) is 2.75. The van der Waals surface area contributed by atoms with Gasteiger partial charge in [0.25, 0.3) is 0 Å². The number of nitrogens with zero attached hydrogens (tertiary/aromatic N) is 1. The van der Waals surface area contributed by atoms with Crippen LogP contribution in [0.3, 0.4) is 0 Å². The average Bonchev–Trinajstić information content (AvgIpc) is 1.99. The number of carboxylic acid groups (broad SMARTS) is 1. The molecule has 0 aromatic rings. The number of aliphatic carboxylic acids is 1. The lowest BCUT2D eigenvalue weighted by Gasteiger charge is -2.19. The van der Waals surface area contributed by atoms with E-state index in [1.54, 1.807) is 0 Å². The summed E-state index contributed by atoms with van der Waals surface area (Å²) in [6.45, 7) is 2.23. The number of carboxylic acids is 1. The van der Waals surface area contributed by atoms with E-state index in [9.17, 15) is 22.8 Å². The zero-order valence-corrected chi connectivity index (χ0v) is 7.75. The summed E-state index contributed by atoms with van der Waals surface area (Å²) in [5.41, 5.74) is 0. The molecular weight excluding hydrogens is 215 g/mol. The van der Waals surface area contributed by atoms with Gasteiger partial charge < -0.3 is 10.0 Å². The highest BCUT2D eigenvalue weighted by molar-refractivity contribution is 5.81. The minimum absolute atomic E-state index is 0.221. The highest BCUT2D eigenvalue weighted by Gasteiger charge is 2.33. The van der Waals surface area contributed by atoms with Gasteiger partial charge in [0.2, 0.25) is 5.91 Å². The van der Waals surface area contributed by atoms with Gasteiger partial charge in [-0.1, -0.05) is 6.08 Å². The molecule has 0 atom stereocenters. The lowest BCUT2D eigenvalue weighted by Crippen LogP contribution is -2.38. The minimum Gasteiger partial charge on any atom is -0.480 e. The van der Waals surface area contributed by atoms with Crippen molar-refractivity contribution in [2.75, 3.05) is 13.1 Å². The molecule has 0 aliphatic carbocycles. The van der Waals surface area contributed by atoms with Crippen molar-refractivity contribution in [2.24, 2.45) is 0 Å². The lowest BCUT2D eigenvalue weighted by atomic mass is 10.3. The highest BCUT2D eigenvalue weighted by atomic mass is 19.4. The Kier molecular flexibility index (Phi) is 4.83. The first kappa shape index (κ1) is 13.5.